The number of hydrogen-bond donors (Lipinski definition) is 3. The highest BCUT2D eigenvalue weighted by Crippen LogP contribution is 2.16. The van der Waals surface area contributed by atoms with Crippen LogP contribution in [0.25, 0.3) is 0 Å². The van der Waals surface area contributed by atoms with E-state index in [1.807, 2.05) is 6.08 Å². The highest BCUT2D eigenvalue weighted by molar-refractivity contribution is 5.76. The van der Waals surface area contributed by atoms with Crippen molar-refractivity contribution in [2.45, 2.75) is 289 Å². The molecule has 0 aliphatic rings. The summed E-state index contributed by atoms with van der Waals surface area (Å²) in [7, 11) is 0. The molecule has 0 saturated carbocycles. The number of nitrogens with one attached hydrogen (secondary N) is 1. The first-order valence-electron chi connectivity index (χ1n) is 26.4. The van der Waals surface area contributed by atoms with Crippen LogP contribution in [0.3, 0.4) is 0 Å². The van der Waals surface area contributed by atoms with Crippen molar-refractivity contribution < 1.29 is 15.0 Å². The Hall–Kier alpha value is -1.65. The average molecular weight is 826 g/mol. The summed E-state index contributed by atoms with van der Waals surface area (Å²) in [6.07, 6.45) is 69.7. The molecule has 59 heavy (non-hydrogen) atoms. The van der Waals surface area contributed by atoms with Crippen molar-refractivity contribution in [1.29, 1.82) is 0 Å². The summed E-state index contributed by atoms with van der Waals surface area (Å²) in [5.74, 6) is -0.0712. The summed E-state index contributed by atoms with van der Waals surface area (Å²) in [5.41, 5.74) is 0. The van der Waals surface area contributed by atoms with Gasteiger partial charge in [-0.15, -0.1) is 0 Å². The lowest BCUT2D eigenvalue weighted by Crippen LogP contribution is -2.45. The van der Waals surface area contributed by atoms with E-state index in [-0.39, 0.29) is 12.5 Å². The molecule has 0 rings (SSSR count). The predicted molar refractivity (Wildman–Crippen MR) is 262 cm³/mol. The Balaban J connectivity index is 3.51. The summed E-state index contributed by atoms with van der Waals surface area (Å²) in [6, 6.07) is -0.639. The number of aliphatic hydroxyl groups excluding tert-OH is 2. The molecule has 0 saturated heterocycles. The minimum absolute atomic E-state index is 0.0712. The zero-order chi connectivity index (χ0) is 42.8. The van der Waals surface area contributed by atoms with Crippen LogP contribution in [-0.4, -0.2) is 34.9 Å². The van der Waals surface area contributed by atoms with E-state index in [0.29, 0.717) is 6.42 Å². The van der Waals surface area contributed by atoms with E-state index in [1.54, 1.807) is 6.08 Å². The topological polar surface area (TPSA) is 69.6 Å². The van der Waals surface area contributed by atoms with Gasteiger partial charge in [0.2, 0.25) is 5.91 Å². The fourth-order valence-electron chi connectivity index (χ4n) is 7.99. The molecule has 0 aromatic heterocycles. The van der Waals surface area contributed by atoms with Gasteiger partial charge in [-0.05, 0) is 64.2 Å². The molecule has 4 heteroatoms. The van der Waals surface area contributed by atoms with Gasteiger partial charge in [-0.25, -0.2) is 0 Å². The summed E-state index contributed by atoms with van der Waals surface area (Å²) in [5, 5.41) is 23.1. The second-order valence-electron chi connectivity index (χ2n) is 17.9. The molecule has 0 heterocycles. The molecule has 0 radical (unpaired) electrons. The number of unbranched alkanes of at least 4 members (excludes halogenated alkanes) is 35. The van der Waals surface area contributed by atoms with Gasteiger partial charge in [0.15, 0.2) is 0 Å². The van der Waals surface area contributed by atoms with E-state index in [1.165, 1.54) is 218 Å². The van der Waals surface area contributed by atoms with Gasteiger partial charge in [-0.1, -0.05) is 255 Å². The van der Waals surface area contributed by atoms with Crippen molar-refractivity contribution in [2.75, 3.05) is 6.61 Å². The van der Waals surface area contributed by atoms with E-state index in [4.69, 9.17) is 0 Å². The Labute approximate surface area is 369 Å². The number of aliphatic hydroxyl groups is 2. The third kappa shape index (κ3) is 47.3. The van der Waals surface area contributed by atoms with Crippen molar-refractivity contribution in [3.8, 4) is 0 Å². The minimum Gasteiger partial charge on any atom is -0.394 e. The molecule has 0 spiro atoms. The van der Waals surface area contributed by atoms with E-state index in [2.05, 4.69) is 55.6 Å². The molecular weight excluding hydrogens is 723 g/mol. The van der Waals surface area contributed by atoms with E-state index in [9.17, 15) is 15.0 Å². The van der Waals surface area contributed by atoms with Gasteiger partial charge in [0.05, 0.1) is 18.8 Å². The van der Waals surface area contributed by atoms with Crippen LogP contribution in [0, 0.1) is 0 Å². The Kier molecular flexibility index (Phi) is 49.3. The van der Waals surface area contributed by atoms with Crippen LogP contribution < -0.4 is 5.32 Å². The first-order valence-corrected chi connectivity index (χ1v) is 26.4. The largest absolute Gasteiger partial charge is 0.394 e. The van der Waals surface area contributed by atoms with Gasteiger partial charge >= 0.3 is 0 Å². The van der Waals surface area contributed by atoms with Gasteiger partial charge in [0.25, 0.3) is 0 Å². The second kappa shape index (κ2) is 50.7. The van der Waals surface area contributed by atoms with Gasteiger partial charge in [0.1, 0.15) is 0 Å². The normalized spacial score (nSPS) is 13.2. The third-order valence-electron chi connectivity index (χ3n) is 12.0. The van der Waals surface area contributed by atoms with E-state index >= 15 is 0 Å². The van der Waals surface area contributed by atoms with E-state index < -0.39 is 12.1 Å². The van der Waals surface area contributed by atoms with Crippen LogP contribution in [0.1, 0.15) is 277 Å². The molecule has 346 valence electrons. The lowest BCUT2D eigenvalue weighted by atomic mass is 10.0. The maximum atomic E-state index is 12.4. The molecule has 0 aromatic carbocycles. The molecule has 3 N–H and O–H groups in total. The molecule has 0 aliphatic heterocycles. The van der Waals surface area contributed by atoms with Crippen molar-refractivity contribution in [2.24, 2.45) is 0 Å². The summed E-state index contributed by atoms with van der Waals surface area (Å²) >= 11 is 0. The maximum Gasteiger partial charge on any atom is 0.220 e. The highest BCUT2D eigenvalue weighted by atomic mass is 16.3. The molecule has 0 fully saturated rings. The van der Waals surface area contributed by atoms with Gasteiger partial charge in [0, 0.05) is 6.42 Å². The van der Waals surface area contributed by atoms with E-state index in [0.717, 1.165) is 38.5 Å². The molecule has 4 nitrogen and oxygen atoms in total. The van der Waals surface area contributed by atoms with Crippen LogP contribution in [0.15, 0.2) is 48.6 Å². The van der Waals surface area contributed by atoms with Crippen LogP contribution in [0.2, 0.25) is 0 Å². The van der Waals surface area contributed by atoms with Crippen LogP contribution in [-0.2, 0) is 4.79 Å². The standard InChI is InChI=1S/C55H103NO3/c1-3-5-7-9-11-13-15-17-19-21-23-24-25-26-27-28-29-30-31-32-33-35-37-39-41-43-45-47-49-51-55(59)56-53(52-57)54(58)50-48-46-44-42-40-38-36-34-22-20-18-16-14-12-10-8-6-4-2/h15,17,21,23,40,42,48,50,53-54,57-58H,3-14,16,18-20,22,24-39,41,43-47,49,51-52H2,1-2H3,(H,56,59)/b17-15-,23-21-,42-40+,50-48+. The number of allylic oxidation sites excluding steroid dienone is 7. The molecule has 1 amide bonds. The fraction of sp³-hybridized carbons (Fsp3) is 0.836. The fourth-order valence-corrected chi connectivity index (χ4v) is 7.99. The monoisotopic (exact) mass is 826 g/mol. The summed E-state index contributed by atoms with van der Waals surface area (Å²) in [6.45, 7) is 4.30. The zero-order valence-electron chi connectivity index (χ0n) is 39.8. The second-order valence-corrected chi connectivity index (χ2v) is 17.9. The average Bonchev–Trinajstić information content (AvgIpc) is 3.24. The van der Waals surface area contributed by atoms with Gasteiger partial charge in [-0.3, -0.25) is 4.79 Å². The van der Waals surface area contributed by atoms with Crippen molar-refractivity contribution in [3.63, 3.8) is 0 Å². The molecule has 0 aliphatic carbocycles. The van der Waals surface area contributed by atoms with Gasteiger partial charge in [-0.2, -0.15) is 0 Å². The lowest BCUT2D eigenvalue weighted by molar-refractivity contribution is -0.123. The molecule has 0 bridgehead atoms. The number of carbonyl (C=O) groups excluding carboxylic acids is 1. The van der Waals surface area contributed by atoms with Crippen molar-refractivity contribution in [3.05, 3.63) is 48.6 Å². The first kappa shape index (κ1) is 57.3. The number of rotatable bonds is 48. The maximum absolute atomic E-state index is 12.4. The smallest absolute Gasteiger partial charge is 0.220 e. The SMILES string of the molecule is CCCCCCC/C=C\C/C=C\CCCCCCCCCCCCCCCCCCCC(=O)NC(CO)C(O)/C=C/CC/C=C/CCCCCCCCCCCCCC. The Morgan fingerprint density at radius 2 is 0.712 bits per heavy atom. The Morgan fingerprint density at radius 1 is 0.407 bits per heavy atom. The molecule has 2 atom stereocenters. The van der Waals surface area contributed by atoms with Gasteiger partial charge < -0.3 is 15.5 Å². The zero-order valence-corrected chi connectivity index (χ0v) is 39.8. The quantitative estimate of drug-likeness (QED) is 0.0423. The molecule has 0 aromatic rings. The van der Waals surface area contributed by atoms with Crippen molar-refractivity contribution >= 4 is 5.91 Å². The molecular formula is C55H103NO3. The Bertz CT molecular complexity index is 939. The number of carbonyl (C=O) groups is 1. The minimum atomic E-state index is -0.862. The summed E-state index contributed by atoms with van der Waals surface area (Å²) in [4.78, 5) is 12.4. The predicted octanol–water partition coefficient (Wildman–Crippen LogP) is 17.1. The van der Waals surface area contributed by atoms with Crippen LogP contribution >= 0.6 is 0 Å². The Morgan fingerprint density at radius 3 is 1.08 bits per heavy atom. The first-order chi connectivity index (χ1) is 29.2. The number of hydrogen-bond acceptors (Lipinski definition) is 3. The molecule has 2 unspecified atom stereocenters. The summed E-state index contributed by atoms with van der Waals surface area (Å²) < 4.78 is 0. The third-order valence-corrected chi connectivity index (χ3v) is 12.0. The number of amides is 1. The van der Waals surface area contributed by atoms with Crippen LogP contribution in [0.5, 0.6) is 0 Å². The van der Waals surface area contributed by atoms with Crippen molar-refractivity contribution in [1.82, 2.24) is 5.32 Å². The highest BCUT2D eigenvalue weighted by Gasteiger charge is 2.17. The lowest BCUT2D eigenvalue weighted by Gasteiger charge is -2.19. The van der Waals surface area contributed by atoms with Crippen LogP contribution in [0.4, 0.5) is 0 Å².